The molecule has 5 rings (SSSR count). The maximum absolute atomic E-state index is 12.5. The number of hydrazone groups is 1. The molecule has 1 fully saturated rings. The summed E-state index contributed by atoms with van der Waals surface area (Å²) in [6.07, 6.45) is 1.55. The third kappa shape index (κ3) is 4.70. The monoisotopic (exact) mass is 459 g/mol. The fourth-order valence-corrected chi connectivity index (χ4v) is 4.89. The van der Waals surface area contributed by atoms with Crippen LogP contribution in [0.2, 0.25) is 0 Å². The Bertz CT molecular complexity index is 1200. The number of rotatable bonds is 6. The number of nitrogens with zero attached hydrogens (tertiary/aromatic N) is 2. The lowest BCUT2D eigenvalue weighted by Gasteiger charge is -2.24. The minimum Gasteiger partial charge on any atom is -0.454 e. The molecule has 1 atom stereocenters. The molecule has 0 bridgehead atoms. The molecule has 0 aromatic heterocycles. The quantitative estimate of drug-likeness (QED) is 0.446. The van der Waals surface area contributed by atoms with Gasteiger partial charge < -0.3 is 14.4 Å². The minimum atomic E-state index is -0.310. The maximum Gasteiger partial charge on any atom is 0.271 e. The molecule has 1 N–H and O–H groups in total. The van der Waals surface area contributed by atoms with Crippen LogP contribution in [-0.4, -0.2) is 35.5 Å². The summed E-state index contributed by atoms with van der Waals surface area (Å²) in [6.45, 7) is 0.772. The molecule has 0 saturated carbocycles. The van der Waals surface area contributed by atoms with E-state index in [0.717, 1.165) is 16.7 Å². The molecule has 3 aromatic carbocycles. The van der Waals surface area contributed by atoms with E-state index in [9.17, 15) is 9.59 Å². The first-order valence-corrected chi connectivity index (χ1v) is 11.5. The van der Waals surface area contributed by atoms with Crippen molar-refractivity contribution in [3.63, 3.8) is 0 Å². The predicted molar refractivity (Wildman–Crippen MR) is 126 cm³/mol. The number of hydrogen-bond donors (Lipinski definition) is 1. The molecular formula is C25H21N3O4S. The van der Waals surface area contributed by atoms with Crippen LogP contribution in [0.15, 0.2) is 77.9 Å². The van der Waals surface area contributed by atoms with Crippen LogP contribution in [0.5, 0.6) is 11.5 Å². The normalized spacial score (nSPS) is 17.0. The van der Waals surface area contributed by atoms with E-state index in [1.807, 2.05) is 53.4 Å². The Hall–Kier alpha value is -3.78. The molecule has 2 amide bonds. The molecule has 2 aliphatic heterocycles. The average Bonchev–Trinajstić information content (AvgIpc) is 3.46. The first kappa shape index (κ1) is 21.1. The van der Waals surface area contributed by atoms with Gasteiger partial charge in [-0.15, -0.1) is 11.8 Å². The molecule has 166 valence electrons. The van der Waals surface area contributed by atoms with Crippen LogP contribution >= 0.6 is 11.8 Å². The molecule has 8 heteroatoms. The fraction of sp³-hybridized carbons (Fsp3) is 0.160. The summed E-state index contributed by atoms with van der Waals surface area (Å²) in [6, 6.07) is 22.7. The van der Waals surface area contributed by atoms with Gasteiger partial charge in [-0.25, -0.2) is 5.43 Å². The second-order valence-electron chi connectivity index (χ2n) is 7.60. The summed E-state index contributed by atoms with van der Waals surface area (Å²) in [7, 11) is 0. The fourth-order valence-electron chi connectivity index (χ4n) is 3.70. The molecule has 1 saturated heterocycles. The van der Waals surface area contributed by atoms with Crippen molar-refractivity contribution < 1.29 is 19.1 Å². The lowest BCUT2D eigenvalue weighted by atomic mass is 10.1. The molecule has 2 heterocycles. The minimum absolute atomic E-state index is 0.0705. The number of thioether (sulfide) groups is 1. The van der Waals surface area contributed by atoms with Crippen molar-refractivity contribution in [3.8, 4) is 11.5 Å². The average molecular weight is 460 g/mol. The van der Waals surface area contributed by atoms with E-state index in [1.165, 1.54) is 0 Å². The highest BCUT2D eigenvalue weighted by atomic mass is 32.2. The molecule has 0 unspecified atom stereocenters. The zero-order valence-electron chi connectivity index (χ0n) is 17.6. The summed E-state index contributed by atoms with van der Waals surface area (Å²) in [5.74, 6) is 1.61. The van der Waals surface area contributed by atoms with Gasteiger partial charge in [-0.1, -0.05) is 42.5 Å². The zero-order chi connectivity index (χ0) is 22.6. The number of hydrogen-bond acceptors (Lipinski definition) is 6. The van der Waals surface area contributed by atoms with Crippen LogP contribution in [-0.2, 0) is 11.3 Å². The number of benzene rings is 3. The van der Waals surface area contributed by atoms with E-state index in [-0.39, 0.29) is 24.0 Å². The third-order valence-corrected chi connectivity index (χ3v) is 6.65. The summed E-state index contributed by atoms with van der Waals surface area (Å²) in [5, 5.41) is 3.96. The largest absolute Gasteiger partial charge is 0.454 e. The van der Waals surface area contributed by atoms with E-state index in [0.29, 0.717) is 29.4 Å². The van der Waals surface area contributed by atoms with E-state index < -0.39 is 0 Å². The summed E-state index contributed by atoms with van der Waals surface area (Å²) < 4.78 is 10.6. The van der Waals surface area contributed by atoms with Crippen LogP contribution in [0.25, 0.3) is 0 Å². The Labute approximate surface area is 195 Å². The van der Waals surface area contributed by atoms with Gasteiger partial charge in [-0.2, -0.15) is 5.10 Å². The van der Waals surface area contributed by atoms with Gasteiger partial charge in [0, 0.05) is 12.1 Å². The van der Waals surface area contributed by atoms with E-state index in [1.54, 1.807) is 42.2 Å². The van der Waals surface area contributed by atoms with Crippen molar-refractivity contribution in [2.45, 2.75) is 11.9 Å². The number of amides is 2. The number of nitrogens with one attached hydrogen (secondary N) is 1. The van der Waals surface area contributed by atoms with E-state index >= 15 is 0 Å². The zero-order valence-corrected chi connectivity index (χ0v) is 18.5. The SMILES string of the molecule is O=C(N/N=C\c1ccc2c(c1)OCO2)c1ccc([C@H]2SCC(=O)N2Cc2ccccc2)cc1. The molecule has 3 aromatic rings. The van der Waals surface area contributed by atoms with Crippen molar-refractivity contribution in [1.82, 2.24) is 10.3 Å². The van der Waals surface area contributed by atoms with E-state index in [4.69, 9.17) is 9.47 Å². The van der Waals surface area contributed by atoms with Gasteiger partial charge in [-0.05, 0) is 47.0 Å². The summed E-state index contributed by atoms with van der Waals surface area (Å²) >= 11 is 1.60. The van der Waals surface area contributed by atoms with Gasteiger partial charge in [0.15, 0.2) is 11.5 Å². The van der Waals surface area contributed by atoms with Crippen LogP contribution < -0.4 is 14.9 Å². The highest BCUT2D eigenvalue weighted by molar-refractivity contribution is 8.00. The van der Waals surface area contributed by atoms with Crippen molar-refractivity contribution in [1.29, 1.82) is 0 Å². The van der Waals surface area contributed by atoms with Gasteiger partial charge in [0.2, 0.25) is 12.7 Å². The molecule has 0 aliphatic carbocycles. The molecule has 33 heavy (non-hydrogen) atoms. The van der Waals surface area contributed by atoms with Crippen molar-refractivity contribution in [2.75, 3.05) is 12.5 Å². The number of ether oxygens (including phenoxy) is 2. The standard InChI is InChI=1S/C25H21N3O4S/c29-23-15-33-25(28(23)14-17-4-2-1-3-5-17)20-9-7-19(8-10-20)24(30)27-26-13-18-6-11-21-22(12-18)32-16-31-21/h1-13,25H,14-16H2,(H,27,30)/b26-13-/t25-/m1/s1. The maximum atomic E-state index is 12.5. The van der Waals surface area contributed by atoms with Crippen molar-refractivity contribution >= 4 is 29.8 Å². The molecule has 0 radical (unpaired) electrons. The molecule has 2 aliphatic rings. The summed E-state index contributed by atoms with van der Waals surface area (Å²) in [5.41, 5.74) is 5.90. The second-order valence-corrected chi connectivity index (χ2v) is 8.67. The number of carbonyl (C=O) groups is 2. The number of fused-ring (bicyclic) bond motifs is 1. The Morgan fingerprint density at radius 1 is 1.06 bits per heavy atom. The smallest absolute Gasteiger partial charge is 0.271 e. The van der Waals surface area contributed by atoms with Gasteiger partial charge in [-0.3, -0.25) is 9.59 Å². The first-order chi connectivity index (χ1) is 16.2. The van der Waals surface area contributed by atoms with Crippen LogP contribution in [0, 0.1) is 0 Å². The van der Waals surface area contributed by atoms with Crippen molar-refractivity contribution in [2.24, 2.45) is 5.10 Å². The van der Waals surface area contributed by atoms with Gasteiger partial charge in [0.05, 0.1) is 12.0 Å². The second kappa shape index (κ2) is 9.38. The highest BCUT2D eigenvalue weighted by Gasteiger charge is 2.32. The first-order valence-electron chi connectivity index (χ1n) is 10.5. The Morgan fingerprint density at radius 3 is 2.67 bits per heavy atom. The topological polar surface area (TPSA) is 80.2 Å². The van der Waals surface area contributed by atoms with Crippen LogP contribution in [0.4, 0.5) is 0 Å². The van der Waals surface area contributed by atoms with Crippen molar-refractivity contribution in [3.05, 3.63) is 95.1 Å². The number of carbonyl (C=O) groups excluding carboxylic acids is 2. The highest BCUT2D eigenvalue weighted by Crippen LogP contribution is 2.39. The molecule has 0 spiro atoms. The molecular weight excluding hydrogens is 438 g/mol. The Kier molecular flexibility index (Phi) is 5.99. The van der Waals surface area contributed by atoms with Crippen LogP contribution in [0.1, 0.15) is 32.4 Å². The van der Waals surface area contributed by atoms with Crippen LogP contribution in [0.3, 0.4) is 0 Å². The third-order valence-electron chi connectivity index (χ3n) is 5.40. The predicted octanol–water partition coefficient (Wildman–Crippen LogP) is 3.95. The Morgan fingerprint density at radius 2 is 1.85 bits per heavy atom. The Balaban J connectivity index is 1.22. The lowest BCUT2D eigenvalue weighted by Crippen LogP contribution is -2.27. The lowest BCUT2D eigenvalue weighted by molar-refractivity contribution is -0.128. The van der Waals surface area contributed by atoms with Gasteiger partial charge in [0.25, 0.3) is 5.91 Å². The summed E-state index contributed by atoms with van der Waals surface area (Å²) in [4.78, 5) is 26.8. The van der Waals surface area contributed by atoms with Gasteiger partial charge in [0.1, 0.15) is 5.37 Å². The van der Waals surface area contributed by atoms with E-state index in [2.05, 4.69) is 10.5 Å². The van der Waals surface area contributed by atoms with Gasteiger partial charge >= 0.3 is 0 Å². The molecule has 7 nitrogen and oxygen atoms in total.